The summed E-state index contributed by atoms with van der Waals surface area (Å²) in [6, 6.07) is -0.660. The zero-order valence-corrected chi connectivity index (χ0v) is 19.1. The molecule has 0 saturated heterocycles. The van der Waals surface area contributed by atoms with E-state index in [0.717, 1.165) is 12.8 Å². The van der Waals surface area contributed by atoms with Gasteiger partial charge in [-0.1, -0.05) is 98.8 Å². The molecule has 0 fully saturated rings. The minimum absolute atomic E-state index is 0.0450. The number of esters is 1. The number of carbonyl (C=O) groups is 2. The van der Waals surface area contributed by atoms with E-state index in [9.17, 15) is 9.59 Å². The standard InChI is InChI=1S/C23H45NO4/c1-6-7-8-9-10-11-12-13-14-15-16-17-27-22(25)21(20(4)5)24-23(26)28-18-19(2)3/h19-21H,6-18H2,1-5H3,(H,24,26)/t21-/m0/s1. The van der Waals surface area contributed by atoms with Crippen LogP contribution in [0.25, 0.3) is 0 Å². The zero-order chi connectivity index (χ0) is 21.2. The lowest BCUT2D eigenvalue weighted by Crippen LogP contribution is -2.45. The van der Waals surface area contributed by atoms with Crippen LogP contribution in [0.1, 0.15) is 105 Å². The van der Waals surface area contributed by atoms with E-state index in [4.69, 9.17) is 9.47 Å². The molecule has 28 heavy (non-hydrogen) atoms. The van der Waals surface area contributed by atoms with Gasteiger partial charge in [0, 0.05) is 0 Å². The number of hydrogen-bond donors (Lipinski definition) is 1. The maximum atomic E-state index is 12.2. The molecule has 0 unspecified atom stereocenters. The first kappa shape index (κ1) is 26.7. The Morgan fingerprint density at radius 3 is 1.71 bits per heavy atom. The average molecular weight is 400 g/mol. The first-order valence-corrected chi connectivity index (χ1v) is 11.5. The third kappa shape index (κ3) is 15.8. The first-order chi connectivity index (χ1) is 13.4. The normalized spacial score (nSPS) is 12.2. The summed E-state index contributed by atoms with van der Waals surface area (Å²) in [5, 5.41) is 2.63. The van der Waals surface area contributed by atoms with Gasteiger partial charge in [-0.3, -0.25) is 0 Å². The van der Waals surface area contributed by atoms with Crippen molar-refractivity contribution in [2.75, 3.05) is 13.2 Å². The number of nitrogens with one attached hydrogen (secondary N) is 1. The van der Waals surface area contributed by atoms with Crippen LogP contribution in [0.2, 0.25) is 0 Å². The molecule has 0 bridgehead atoms. The molecule has 0 aliphatic carbocycles. The molecule has 0 aromatic carbocycles. The molecule has 0 aromatic rings. The highest BCUT2D eigenvalue weighted by atomic mass is 16.6. The highest BCUT2D eigenvalue weighted by Crippen LogP contribution is 2.12. The predicted octanol–water partition coefficient (Wildman–Crippen LogP) is 6.25. The van der Waals surface area contributed by atoms with Crippen LogP contribution < -0.4 is 5.32 Å². The van der Waals surface area contributed by atoms with Gasteiger partial charge in [0.05, 0.1) is 13.2 Å². The number of carbonyl (C=O) groups excluding carboxylic acids is 2. The predicted molar refractivity (Wildman–Crippen MR) is 115 cm³/mol. The minimum Gasteiger partial charge on any atom is -0.464 e. The van der Waals surface area contributed by atoms with E-state index in [2.05, 4.69) is 12.2 Å². The first-order valence-electron chi connectivity index (χ1n) is 11.5. The summed E-state index contributed by atoms with van der Waals surface area (Å²) < 4.78 is 10.5. The Hall–Kier alpha value is -1.26. The van der Waals surface area contributed by atoms with Crippen LogP contribution in [0.5, 0.6) is 0 Å². The van der Waals surface area contributed by atoms with Crippen molar-refractivity contribution < 1.29 is 19.1 Å². The fourth-order valence-corrected chi connectivity index (χ4v) is 2.94. The molecule has 0 aliphatic heterocycles. The largest absolute Gasteiger partial charge is 0.464 e. The topological polar surface area (TPSA) is 64.6 Å². The number of rotatable bonds is 17. The molecule has 0 aliphatic rings. The second kappa shape index (κ2) is 17.8. The Bertz CT molecular complexity index is 396. The van der Waals surface area contributed by atoms with Gasteiger partial charge in [-0.15, -0.1) is 0 Å². The Balaban J connectivity index is 3.76. The second-order valence-corrected chi connectivity index (χ2v) is 8.56. The Labute approximate surface area is 173 Å². The summed E-state index contributed by atoms with van der Waals surface area (Å²) >= 11 is 0. The molecule has 0 aromatic heterocycles. The molecular formula is C23H45NO4. The van der Waals surface area contributed by atoms with Gasteiger partial charge in [-0.2, -0.15) is 0 Å². The molecule has 166 valence electrons. The number of alkyl carbamates (subject to hydrolysis) is 1. The van der Waals surface area contributed by atoms with Crippen LogP contribution in [-0.2, 0) is 14.3 Å². The Morgan fingerprint density at radius 2 is 1.25 bits per heavy atom. The van der Waals surface area contributed by atoms with E-state index in [1.54, 1.807) is 0 Å². The summed E-state index contributed by atoms with van der Waals surface area (Å²) in [4.78, 5) is 24.0. The van der Waals surface area contributed by atoms with Crippen LogP contribution in [0, 0.1) is 11.8 Å². The molecule has 5 nitrogen and oxygen atoms in total. The van der Waals surface area contributed by atoms with E-state index in [0.29, 0.717) is 13.2 Å². The molecule has 1 amide bonds. The van der Waals surface area contributed by atoms with Crippen molar-refractivity contribution in [2.24, 2.45) is 11.8 Å². The van der Waals surface area contributed by atoms with Gasteiger partial charge >= 0.3 is 12.1 Å². The molecule has 0 radical (unpaired) electrons. The van der Waals surface area contributed by atoms with Gasteiger partial charge in [0.15, 0.2) is 0 Å². The average Bonchev–Trinajstić information content (AvgIpc) is 2.64. The van der Waals surface area contributed by atoms with E-state index >= 15 is 0 Å². The van der Waals surface area contributed by atoms with Crippen LogP contribution in [0.4, 0.5) is 4.79 Å². The molecule has 0 saturated carbocycles. The van der Waals surface area contributed by atoms with Gasteiger partial charge in [-0.05, 0) is 18.3 Å². The smallest absolute Gasteiger partial charge is 0.407 e. The molecule has 5 heteroatoms. The van der Waals surface area contributed by atoms with Crippen LogP contribution >= 0.6 is 0 Å². The maximum absolute atomic E-state index is 12.2. The van der Waals surface area contributed by atoms with Crippen LogP contribution in [0.3, 0.4) is 0 Å². The molecule has 1 N–H and O–H groups in total. The Morgan fingerprint density at radius 1 is 0.750 bits per heavy atom. The highest BCUT2D eigenvalue weighted by Gasteiger charge is 2.26. The second-order valence-electron chi connectivity index (χ2n) is 8.56. The number of amides is 1. The third-order valence-electron chi connectivity index (χ3n) is 4.73. The lowest BCUT2D eigenvalue weighted by molar-refractivity contribution is -0.147. The van der Waals surface area contributed by atoms with Crippen LogP contribution in [-0.4, -0.2) is 31.3 Å². The summed E-state index contributed by atoms with van der Waals surface area (Å²) in [5.74, 6) is -0.156. The molecule has 0 heterocycles. The fraction of sp³-hybridized carbons (Fsp3) is 0.913. The molecule has 1 atom stereocenters. The van der Waals surface area contributed by atoms with E-state index in [-0.39, 0.29) is 17.8 Å². The maximum Gasteiger partial charge on any atom is 0.407 e. The van der Waals surface area contributed by atoms with Crippen molar-refractivity contribution in [3.05, 3.63) is 0 Å². The van der Waals surface area contributed by atoms with Crippen molar-refractivity contribution in [3.8, 4) is 0 Å². The van der Waals surface area contributed by atoms with Crippen molar-refractivity contribution in [1.29, 1.82) is 0 Å². The van der Waals surface area contributed by atoms with E-state index < -0.39 is 12.1 Å². The van der Waals surface area contributed by atoms with Gasteiger partial charge in [0.2, 0.25) is 0 Å². The molecule has 0 spiro atoms. The number of ether oxygens (including phenoxy) is 2. The molecular weight excluding hydrogens is 354 g/mol. The van der Waals surface area contributed by atoms with Gasteiger partial charge in [0.25, 0.3) is 0 Å². The van der Waals surface area contributed by atoms with Gasteiger partial charge < -0.3 is 14.8 Å². The zero-order valence-electron chi connectivity index (χ0n) is 19.1. The quantitative estimate of drug-likeness (QED) is 0.232. The monoisotopic (exact) mass is 399 g/mol. The SMILES string of the molecule is CCCCCCCCCCCCCOC(=O)[C@@H](NC(=O)OCC(C)C)C(C)C. The van der Waals surface area contributed by atoms with Gasteiger partial charge in [-0.25, -0.2) is 9.59 Å². The molecule has 0 rings (SSSR count). The van der Waals surface area contributed by atoms with Crippen molar-refractivity contribution in [2.45, 2.75) is 111 Å². The van der Waals surface area contributed by atoms with Crippen molar-refractivity contribution >= 4 is 12.1 Å². The third-order valence-corrected chi connectivity index (χ3v) is 4.73. The lowest BCUT2D eigenvalue weighted by atomic mass is 10.1. The van der Waals surface area contributed by atoms with E-state index in [1.165, 1.54) is 57.8 Å². The summed E-state index contributed by atoms with van der Waals surface area (Å²) in [5.41, 5.74) is 0. The number of hydrogen-bond acceptors (Lipinski definition) is 4. The minimum atomic E-state index is -0.660. The fourth-order valence-electron chi connectivity index (χ4n) is 2.94. The Kier molecular flexibility index (Phi) is 17.0. The summed E-state index contributed by atoms with van der Waals surface area (Å²) in [6.07, 6.45) is 13.3. The van der Waals surface area contributed by atoms with Gasteiger partial charge in [0.1, 0.15) is 6.04 Å². The van der Waals surface area contributed by atoms with Crippen molar-refractivity contribution in [1.82, 2.24) is 5.32 Å². The van der Waals surface area contributed by atoms with Crippen LogP contribution in [0.15, 0.2) is 0 Å². The van der Waals surface area contributed by atoms with Crippen molar-refractivity contribution in [3.63, 3.8) is 0 Å². The number of unbranched alkanes of at least 4 members (excludes halogenated alkanes) is 10. The lowest BCUT2D eigenvalue weighted by Gasteiger charge is -2.21. The van der Waals surface area contributed by atoms with E-state index in [1.807, 2.05) is 27.7 Å². The summed E-state index contributed by atoms with van der Waals surface area (Å²) in [6.45, 7) is 10.7. The summed E-state index contributed by atoms with van der Waals surface area (Å²) in [7, 11) is 0. The highest BCUT2D eigenvalue weighted by molar-refractivity contribution is 5.81.